The SMILES string of the molecule is COCC(=O)N1CCCc2cc(NC(=O)C3CCCO3)ccc21. The predicted molar refractivity (Wildman–Crippen MR) is 86.6 cm³/mol. The molecule has 0 saturated carbocycles. The Hall–Kier alpha value is -1.92. The molecule has 1 saturated heterocycles. The van der Waals surface area contributed by atoms with Crippen molar-refractivity contribution in [3.63, 3.8) is 0 Å². The van der Waals surface area contributed by atoms with Crippen LogP contribution in [-0.2, 0) is 25.5 Å². The van der Waals surface area contributed by atoms with Gasteiger partial charge in [0, 0.05) is 31.6 Å². The molecule has 1 atom stereocenters. The van der Waals surface area contributed by atoms with Crippen molar-refractivity contribution in [3.05, 3.63) is 23.8 Å². The van der Waals surface area contributed by atoms with Crippen LogP contribution in [-0.4, -0.2) is 44.8 Å². The van der Waals surface area contributed by atoms with Gasteiger partial charge in [-0.3, -0.25) is 9.59 Å². The third-order valence-corrected chi connectivity index (χ3v) is 4.26. The highest BCUT2D eigenvalue weighted by atomic mass is 16.5. The molecule has 1 aromatic rings. The van der Waals surface area contributed by atoms with Crippen LogP contribution in [0.15, 0.2) is 18.2 Å². The first-order valence-corrected chi connectivity index (χ1v) is 8.04. The van der Waals surface area contributed by atoms with Crippen LogP contribution in [0.5, 0.6) is 0 Å². The van der Waals surface area contributed by atoms with E-state index < -0.39 is 0 Å². The van der Waals surface area contributed by atoms with Gasteiger partial charge in [0.1, 0.15) is 12.7 Å². The maximum Gasteiger partial charge on any atom is 0.253 e. The number of ether oxygens (including phenoxy) is 2. The molecule has 2 aliphatic heterocycles. The van der Waals surface area contributed by atoms with Crippen LogP contribution in [0.4, 0.5) is 11.4 Å². The highest BCUT2D eigenvalue weighted by Crippen LogP contribution is 2.30. The number of rotatable bonds is 4. The largest absolute Gasteiger partial charge is 0.375 e. The highest BCUT2D eigenvalue weighted by Gasteiger charge is 2.25. The Labute approximate surface area is 135 Å². The molecule has 23 heavy (non-hydrogen) atoms. The van der Waals surface area contributed by atoms with Crippen molar-refractivity contribution in [2.75, 3.05) is 37.1 Å². The van der Waals surface area contributed by atoms with Crippen molar-refractivity contribution in [2.45, 2.75) is 31.8 Å². The Morgan fingerprint density at radius 1 is 1.39 bits per heavy atom. The van der Waals surface area contributed by atoms with E-state index in [1.807, 2.05) is 18.2 Å². The summed E-state index contributed by atoms with van der Waals surface area (Å²) in [4.78, 5) is 26.0. The van der Waals surface area contributed by atoms with Crippen molar-refractivity contribution in [2.24, 2.45) is 0 Å². The van der Waals surface area contributed by atoms with Gasteiger partial charge in [0.15, 0.2) is 0 Å². The third kappa shape index (κ3) is 3.54. The van der Waals surface area contributed by atoms with Crippen molar-refractivity contribution < 1.29 is 19.1 Å². The van der Waals surface area contributed by atoms with Gasteiger partial charge in [0.2, 0.25) is 0 Å². The van der Waals surface area contributed by atoms with Crippen LogP contribution in [0.25, 0.3) is 0 Å². The fourth-order valence-corrected chi connectivity index (χ4v) is 3.14. The normalized spacial score (nSPS) is 20.2. The maximum absolute atomic E-state index is 12.1. The van der Waals surface area contributed by atoms with Crippen molar-refractivity contribution in [3.8, 4) is 0 Å². The number of carbonyl (C=O) groups excluding carboxylic acids is 2. The quantitative estimate of drug-likeness (QED) is 0.918. The molecule has 0 aromatic heterocycles. The Morgan fingerprint density at radius 3 is 3.00 bits per heavy atom. The first-order chi connectivity index (χ1) is 11.2. The Morgan fingerprint density at radius 2 is 2.26 bits per heavy atom. The number of anilines is 2. The van der Waals surface area contributed by atoms with Crippen molar-refractivity contribution in [1.29, 1.82) is 0 Å². The summed E-state index contributed by atoms with van der Waals surface area (Å²) in [5.74, 6) is -0.129. The van der Waals surface area contributed by atoms with Crippen LogP contribution in [0.2, 0.25) is 0 Å². The Balaban J connectivity index is 1.73. The minimum Gasteiger partial charge on any atom is -0.375 e. The topological polar surface area (TPSA) is 67.9 Å². The number of amides is 2. The lowest BCUT2D eigenvalue weighted by Gasteiger charge is -2.29. The van der Waals surface area contributed by atoms with Crippen LogP contribution >= 0.6 is 0 Å². The molecule has 2 heterocycles. The van der Waals surface area contributed by atoms with E-state index in [9.17, 15) is 9.59 Å². The number of hydrogen-bond donors (Lipinski definition) is 1. The molecule has 3 rings (SSSR count). The second kappa shape index (κ2) is 7.10. The lowest BCUT2D eigenvalue weighted by atomic mass is 10.0. The summed E-state index contributed by atoms with van der Waals surface area (Å²) in [6.45, 7) is 1.44. The number of carbonyl (C=O) groups is 2. The summed E-state index contributed by atoms with van der Waals surface area (Å²) in [6.07, 6.45) is 3.17. The summed E-state index contributed by atoms with van der Waals surface area (Å²) in [5, 5.41) is 2.91. The zero-order chi connectivity index (χ0) is 16.2. The Bertz CT molecular complexity index is 596. The smallest absolute Gasteiger partial charge is 0.253 e. The van der Waals surface area contributed by atoms with Crippen molar-refractivity contribution >= 4 is 23.2 Å². The van der Waals surface area contributed by atoms with E-state index in [-0.39, 0.29) is 24.5 Å². The molecule has 1 aromatic carbocycles. The fourth-order valence-electron chi connectivity index (χ4n) is 3.14. The van der Waals surface area contributed by atoms with Gasteiger partial charge < -0.3 is 19.7 Å². The number of methoxy groups -OCH3 is 1. The summed E-state index contributed by atoms with van der Waals surface area (Å²) in [7, 11) is 1.52. The predicted octanol–water partition coefficient (Wildman–Crippen LogP) is 1.73. The van der Waals surface area contributed by atoms with Gasteiger partial charge in [-0.15, -0.1) is 0 Å². The number of fused-ring (bicyclic) bond motifs is 1. The number of benzene rings is 1. The molecule has 2 aliphatic rings. The number of aryl methyl sites for hydroxylation is 1. The van der Waals surface area contributed by atoms with Gasteiger partial charge in [-0.25, -0.2) is 0 Å². The zero-order valence-corrected chi connectivity index (χ0v) is 13.3. The molecule has 0 bridgehead atoms. The van der Waals surface area contributed by atoms with Crippen LogP contribution in [0.1, 0.15) is 24.8 Å². The van der Waals surface area contributed by atoms with Gasteiger partial charge in [-0.2, -0.15) is 0 Å². The molecule has 124 valence electrons. The summed E-state index contributed by atoms with van der Waals surface area (Å²) in [6, 6.07) is 5.69. The van der Waals surface area contributed by atoms with E-state index in [0.717, 1.165) is 42.6 Å². The molecule has 6 heteroatoms. The maximum atomic E-state index is 12.1. The van der Waals surface area contributed by atoms with Gasteiger partial charge in [0.05, 0.1) is 0 Å². The summed E-state index contributed by atoms with van der Waals surface area (Å²) >= 11 is 0. The lowest BCUT2D eigenvalue weighted by Crippen LogP contribution is -2.37. The average Bonchev–Trinajstić information content (AvgIpc) is 3.09. The van der Waals surface area contributed by atoms with E-state index >= 15 is 0 Å². The third-order valence-electron chi connectivity index (χ3n) is 4.26. The standard InChI is InChI=1S/C17H22N2O4/c1-22-11-16(20)19-8-2-4-12-10-13(6-7-14(12)19)18-17(21)15-5-3-9-23-15/h6-7,10,15H,2-5,8-9,11H2,1H3,(H,18,21). The molecule has 2 amide bonds. The molecule has 1 fully saturated rings. The first kappa shape index (κ1) is 16.0. The fraction of sp³-hybridized carbons (Fsp3) is 0.529. The van der Waals surface area contributed by atoms with Crippen LogP contribution in [0.3, 0.4) is 0 Å². The number of nitrogens with one attached hydrogen (secondary N) is 1. The minimum atomic E-state index is -0.342. The summed E-state index contributed by atoms with van der Waals surface area (Å²) < 4.78 is 10.3. The van der Waals surface area contributed by atoms with Gasteiger partial charge in [0.25, 0.3) is 11.8 Å². The Kier molecular flexibility index (Phi) is 4.93. The number of hydrogen-bond acceptors (Lipinski definition) is 4. The molecule has 6 nitrogen and oxygen atoms in total. The number of nitrogens with zero attached hydrogens (tertiary/aromatic N) is 1. The molecule has 0 radical (unpaired) electrons. The summed E-state index contributed by atoms with van der Waals surface area (Å²) in [5.41, 5.74) is 2.74. The zero-order valence-electron chi connectivity index (χ0n) is 13.3. The van der Waals surface area contributed by atoms with Gasteiger partial charge >= 0.3 is 0 Å². The van der Waals surface area contributed by atoms with Crippen LogP contribution < -0.4 is 10.2 Å². The molecule has 0 spiro atoms. The molecule has 0 aliphatic carbocycles. The van der Waals surface area contributed by atoms with E-state index in [2.05, 4.69) is 5.32 Å². The molecule has 1 N–H and O–H groups in total. The lowest BCUT2D eigenvalue weighted by molar-refractivity contribution is -0.124. The highest BCUT2D eigenvalue weighted by molar-refractivity contribution is 5.97. The van der Waals surface area contributed by atoms with E-state index in [1.165, 1.54) is 7.11 Å². The average molecular weight is 318 g/mol. The van der Waals surface area contributed by atoms with E-state index in [4.69, 9.17) is 9.47 Å². The van der Waals surface area contributed by atoms with Gasteiger partial charge in [-0.1, -0.05) is 0 Å². The minimum absolute atomic E-state index is 0.0374. The van der Waals surface area contributed by atoms with Crippen LogP contribution in [0, 0.1) is 0 Å². The van der Waals surface area contributed by atoms with E-state index in [1.54, 1.807) is 4.90 Å². The second-order valence-corrected chi connectivity index (χ2v) is 5.92. The van der Waals surface area contributed by atoms with Crippen molar-refractivity contribution in [1.82, 2.24) is 0 Å². The molecular weight excluding hydrogens is 296 g/mol. The van der Waals surface area contributed by atoms with Gasteiger partial charge in [-0.05, 0) is 49.4 Å². The molecule has 1 unspecified atom stereocenters. The first-order valence-electron chi connectivity index (χ1n) is 8.04. The second-order valence-electron chi connectivity index (χ2n) is 5.92. The monoisotopic (exact) mass is 318 g/mol. The molecular formula is C17H22N2O4. The van der Waals surface area contributed by atoms with E-state index in [0.29, 0.717) is 13.2 Å².